The predicted octanol–water partition coefficient (Wildman–Crippen LogP) is 0.985. The third-order valence-corrected chi connectivity index (χ3v) is 5.27. The Balaban J connectivity index is 1.44. The van der Waals surface area contributed by atoms with Crippen LogP contribution in [0.4, 0.5) is 0 Å². The van der Waals surface area contributed by atoms with E-state index in [0.717, 1.165) is 29.8 Å². The van der Waals surface area contributed by atoms with Crippen molar-refractivity contribution in [2.24, 2.45) is 4.99 Å². The molecule has 4 rings (SSSR count). The minimum Gasteiger partial charge on any atom is -0.381 e. The second-order valence-corrected chi connectivity index (χ2v) is 6.57. The van der Waals surface area contributed by atoms with Crippen molar-refractivity contribution in [2.45, 2.75) is 37.6 Å². The maximum absolute atomic E-state index is 11.4. The van der Waals surface area contributed by atoms with Gasteiger partial charge in [0.15, 0.2) is 0 Å². The quantitative estimate of drug-likeness (QED) is 0.817. The molecule has 22 heavy (non-hydrogen) atoms. The number of hydrogen-bond donors (Lipinski definition) is 0. The van der Waals surface area contributed by atoms with Crippen LogP contribution in [0.1, 0.15) is 37.2 Å². The third kappa shape index (κ3) is 2.73. The van der Waals surface area contributed by atoms with E-state index in [4.69, 9.17) is 4.74 Å². The number of benzene rings is 1. The number of ether oxygens (including phenoxy) is 1. The van der Waals surface area contributed by atoms with Crippen LogP contribution in [0.3, 0.4) is 0 Å². The van der Waals surface area contributed by atoms with E-state index in [1.165, 1.54) is 44.3 Å². The number of piperidine rings is 1. The van der Waals surface area contributed by atoms with Gasteiger partial charge in [0.25, 0.3) is 5.91 Å². The fourth-order valence-electron chi connectivity index (χ4n) is 3.98. The monoisotopic (exact) mass is 298 g/mol. The molecule has 3 aliphatic heterocycles. The summed E-state index contributed by atoms with van der Waals surface area (Å²) in [4.78, 5) is 18.0. The van der Waals surface area contributed by atoms with Crippen molar-refractivity contribution in [2.75, 3.05) is 26.3 Å². The van der Waals surface area contributed by atoms with Crippen LogP contribution in [-0.2, 0) is 9.53 Å². The fourth-order valence-corrected chi connectivity index (χ4v) is 3.98. The zero-order valence-electron chi connectivity index (χ0n) is 12.8. The normalized spacial score (nSPS) is 23.9. The van der Waals surface area contributed by atoms with Crippen molar-refractivity contribution >= 4 is 12.0 Å². The first kappa shape index (κ1) is 14.1. The highest BCUT2D eigenvalue weighted by Gasteiger charge is 2.27. The van der Waals surface area contributed by atoms with Gasteiger partial charge in [-0.05, 0) is 62.4 Å². The zero-order chi connectivity index (χ0) is 14.9. The Morgan fingerprint density at radius 3 is 2.64 bits per heavy atom. The smallest absolute Gasteiger partial charge is 0.270 e. The molecular formula is C18H22N2O2. The summed E-state index contributed by atoms with van der Waals surface area (Å²) in [5, 5.41) is 1.82. The van der Waals surface area contributed by atoms with Crippen molar-refractivity contribution in [3.05, 3.63) is 34.3 Å². The lowest BCUT2D eigenvalue weighted by molar-refractivity contribution is -0.112. The minimum absolute atomic E-state index is 0.124. The van der Waals surface area contributed by atoms with Crippen molar-refractivity contribution in [3.63, 3.8) is 0 Å². The lowest BCUT2D eigenvalue weighted by Gasteiger charge is -2.39. The average molecular weight is 298 g/mol. The molecule has 2 fully saturated rings. The van der Waals surface area contributed by atoms with E-state index in [9.17, 15) is 4.79 Å². The van der Waals surface area contributed by atoms with Crippen LogP contribution in [0.15, 0.2) is 23.2 Å². The highest BCUT2D eigenvalue weighted by molar-refractivity contribution is 6.06. The number of likely N-dealkylation sites (tertiary alicyclic amines) is 1. The Kier molecular flexibility index (Phi) is 3.80. The molecule has 0 unspecified atom stereocenters. The van der Waals surface area contributed by atoms with E-state index in [1.807, 2.05) is 6.07 Å². The summed E-state index contributed by atoms with van der Waals surface area (Å²) in [6.07, 6.45) is 6.43. The first-order chi connectivity index (χ1) is 10.8. The van der Waals surface area contributed by atoms with E-state index in [2.05, 4.69) is 22.0 Å². The largest absolute Gasteiger partial charge is 0.381 e. The molecule has 0 atom stereocenters. The molecule has 0 radical (unpaired) electrons. The first-order valence-corrected chi connectivity index (χ1v) is 8.36. The van der Waals surface area contributed by atoms with Crippen molar-refractivity contribution in [3.8, 4) is 0 Å². The highest BCUT2D eigenvalue weighted by Crippen LogP contribution is 2.29. The Hall–Kier alpha value is -1.52. The van der Waals surface area contributed by atoms with E-state index in [0.29, 0.717) is 5.92 Å². The summed E-state index contributed by atoms with van der Waals surface area (Å²) in [7, 11) is 0. The van der Waals surface area contributed by atoms with E-state index in [1.54, 1.807) is 6.08 Å². The van der Waals surface area contributed by atoms with Gasteiger partial charge in [0.05, 0.1) is 5.36 Å². The molecule has 1 aromatic carbocycles. The molecule has 1 amide bonds. The molecule has 0 aromatic heterocycles. The van der Waals surface area contributed by atoms with Gasteiger partial charge in [0.2, 0.25) is 0 Å². The van der Waals surface area contributed by atoms with E-state index < -0.39 is 0 Å². The molecule has 4 nitrogen and oxygen atoms in total. The molecule has 2 saturated heterocycles. The molecule has 0 spiro atoms. The lowest BCUT2D eigenvalue weighted by atomic mass is 9.88. The summed E-state index contributed by atoms with van der Waals surface area (Å²) in [6, 6.07) is 7.04. The summed E-state index contributed by atoms with van der Waals surface area (Å²) in [5.74, 6) is 0.493. The van der Waals surface area contributed by atoms with Gasteiger partial charge in [0.1, 0.15) is 0 Å². The summed E-state index contributed by atoms with van der Waals surface area (Å²) < 4.78 is 5.47. The highest BCUT2D eigenvalue weighted by atomic mass is 16.5. The SMILES string of the molecule is O=C1C=c2cc(C3CCN(C4CCOCC4)CC3)ccc2=N1. The zero-order valence-corrected chi connectivity index (χ0v) is 12.8. The van der Waals surface area contributed by atoms with E-state index >= 15 is 0 Å². The van der Waals surface area contributed by atoms with Crippen molar-refractivity contribution in [1.29, 1.82) is 0 Å². The maximum Gasteiger partial charge on any atom is 0.270 e. The first-order valence-electron chi connectivity index (χ1n) is 8.36. The van der Waals surface area contributed by atoms with Gasteiger partial charge in [-0.1, -0.05) is 6.07 Å². The number of amides is 1. The number of rotatable bonds is 2. The van der Waals surface area contributed by atoms with Gasteiger partial charge in [-0.2, -0.15) is 0 Å². The second kappa shape index (κ2) is 5.94. The van der Waals surface area contributed by atoms with Crippen LogP contribution >= 0.6 is 0 Å². The standard InChI is InChI=1S/C18H22N2O2/c21-18-12-15-11-14(1-2-17(15)19-18)13-3-7-20(8-4-13)16-5-9-22-10-6-16/h1-2,11-13,16H,3-10H2. The van der Waals surface area contributed by atoms with Crippen LogP contribution in [0.25, 0.3) is 6.08 Å². The van der Waals surface area contributed by atoms with Crippen LogP contribution < -0.4 is 10.6 Å². The molecule has 116 valence electrons. The maximum atomic E-state index is 11.4. The number of carbonyl (C=O) groups excluding carboxylic acids is 1. The molecule has 0 bridgehead atoms. The third-order valence-electron chi connectivity index (χ3n) is 5.27. The summed E-state index contributed by atoms with van der Waals surface area (Å²) in [6.45, 7) is 4.20. The molecule has 0 saturated carbocycles. The Morgan fingerprint density at radius 2 is 1.86 bits per heavy atom. The van der Waals surface area contributed by atoms with E-state index in [-0.39, 0.29) is 5.91 Å². The van der Waals surface area contributed by atoms with Crippen LogP contribution in [0.5, 0.6) is 0 Å². The minimum atomic E-state index is -0.124. The number of hydrogen-bond acceptors (Lipinski definition) is 3. The van der Waals surface area contributed by atoms with Gasteiger partial charge < -0.3 is 9.64 Å². The number of nitrogens with zero attached hydrogens (tertiary/aromatic N) is 2. The Bertz CT molecular complexity index is 684. The molecule has 3 heterocycles. The van der Waals surface area contributed by atoms with Crippen LogP contribution in [-0.4, -0.2) is 43.2 Å². The molecule has 0 N–H and O–H groups in total. The number of fused-ring (bicyclic) bond motifs is 1. The Morgan fingerprint density at radius 1 is 1.09 bits per heavy atom. The number of carbonyl (C=O) groups is 1. The summed E-state index contributed by atoms with van der Waals surface area (Å²) >= 11 is 0. The van der Waals surface area contributed by atoms with Gasteiger partial charge in [-0.3, -0.25) is 4.79 Å². The van der Waals surface area contributed by atoms with Crippen LogP contribution in [0.2, 0.25) is 0 Å². The molecule has 3 aliphatic rings. The molecular weight excluding hydrogens is 276 g/mol. The molecule has 1 aromatic rings. The van der Waals surface area contributed by atoms with Crippen molar-refractivity contribution < 1.29 is 9.53 Å². The average Bonchev–Trinajstić information content (AvgIpc) is 2.95. The van der Waals surface area contributed by atoms with Gasteiger partial charge in [-0.25, -0.2) is 4.99 Å². The predicted molar refractivity (Wildman–Crippen MR) is 84.1 cm³/mol. The summed E-state index contributed by atoms with van der Waals surface area (Å²) in [5.41, 5.74) is 1.37. The molecule has 0 aliphatic carbocycles. The Labute approximate surface area is 130 Å². The van der Waals surface area contributed by atoms with Crippen LogP contribution in [0, 0.1) is 0 Å². The van der Waals surface area contributed by atoms with Gasteiger partial charge in [0, 0.05) is 30.6 Å². The topological polar surface area (TPSA) is 41.9 Å². The molecule has 4 heteroatoms. The van der Waals surface area contributed by atoms with Gasteiger partial charge in [-0.15, -0.1) is 0 Å². The second-order valence-electron chi connectivity index (χ2n) is 6.57. The fraction of sp³-hybridized carbons (Fsp3) is 0.556. The lowest BCUT2D eigenvalue weighted by Crippen LogP contribution is -2.43. The van der Waals surface area contributed by atoms with Crippen molar-refractivity contribution in [1.82, 2.24) is 4.90 Å². The van der Waals surface area contributed by atoms with Gasteiger partial charge >= 0.3 is 0 Å².